The number of pyridine rings is 1. The third-order valence-electron chi connectivity index (χ3n) is 3.90. The molecule has 2 aromatic carbocycles. The molecular weight excluding hydrogens is 352 g/mol. The van der Waals surface area contributed by atoms with Gasteiger partial charge in [0.2, 0.25) is 0 Å². The highest BCUT2D eigenvalue weighted by atomic mass is 32.2. The van der Waals surface area contributed by atoms with Crippen molar-refractivity contribution in [3.05, 3.63) is 89.0 Å². The zero-order chi connectivity index (χ0) is 17.8. The Balaban J connectivity index is 2.11. The molecule has 0 aliphatic carbocycles. The number of thioether (sulfide) groups is 1. The minimum atomic E-state index is -0.269. The van der Waals surface area contributed by atoms with Gasteiger partial charge in [-0.15, -0.1) is 21.0 Å². The maximum absolute atomic E-state index is 13.9. The zero-order valence-electron chi connectivity index (χ0n) is 13.6. The molecule has 2 atom stereocenters. The number of rotatable bonds is 5. The minimum absolute atomic E-state index is 0.126. The Bertz CT molecular complexity index is 901. The molecule has 0 aliphatic heterocycles. The van der Waals surface area contributed by atoms with Crippen LogP contribution in [-0.2, 0) is 0 Å². The number of nitrogens with zero attached hydrogens (tertiary/aromatic N) is 1. The Kier molecular flexibility index (Phi) is 5.62. The number of hydrogen-bond donors (Lipinski definition) is 0. The van der Waals surface area contributed by atoms with Crippen molar-refractivity contribution in [2.24, 2.45) is 0 Å². The summed E-state index contributed by atoms with van der Waals surface area (Å²) in [5.74, 6) is -0.269. The first-order valence-corrected chi connectivity index (χ1v) is 9.22. The first-order valence-electron chi connectivity index (χ1n) is 7.77. The number of benzene rings is 2. The Morgan fingerprint density at radius 2 is 1.88 bits per heavy atom. The fourth-order valence-corrected chi connectivity index (χ4v) is 4.39. The smallest absolute Gasteiger partial charge is 0.168 e. The number of carbonyl (C=O) groups is 1. The molecule has 2 nitrogen and oxygen atoms in total. The van der Waals surface area contributed by atoms with E-state index in [2.05, 4.69) is 14.2 Å². The summed E-state index contributed by atoms with van der Waals surface area (Å²) in [5, 5.41) is 0.812. The van der Waals surface area contributed by atoms with Crippen molar-refractivity contribution in [1.29, 1.82) is 0 Å². The van der Waals surface area contributed by atoms with E-state index in [9.17, 15) is 9.18 Å². The fourth-order valence-electron chi connectivity index (χ4n) is 2.63. The van der Waals surface area contributed by atoms with Crippen LogP contribution < -0.4 is 5.30 Å². The van der Waals surface area contributed by atoms with Gasteiger partial charge in [0.1, 0.15) is 11.5 Å². The van der Waals surface area contributed by atoms with Crippen LogP contribution in [-0.4, -0.2) is 11.3 Å². The fraction of sp³-hybridized carbons (Fsp3) is 0.100. The highest BCUT2D eigenvalue weighted by Gasteiger charge is 2.21. The summed E-state index contributed by atoms with van der Waals surface area (Å²) in [6.07, 6.45) is 2.45. The third-order valence-corrected chi connectivity index (χ3v) is 5.72. The van der Waals surface area contributed by atoms with Crippen LogP contribution in [0.5, 0.6) is 0 Å². The van der Waals surface area contributed by atoms with Gasteiger partial charge in [-0.1, -0.05) is 24.3 Å². The molecule has 25 heavy (non-hydrogen) atoms. The molecule has 0 fully saturated rings. The van der Waals surface area contributed by atoms with Crippen molar-refractivity contribution in [2.45, 2.75) is 17.1 Å². The molecule has 0 aliphatic rings. The van der Waals surface area contributed by atoms with Crippen LogP contribution in [0.2, 0.25) is 0 Å². The topological polar surface area (TPSA) is 30.0 Å². The molecule has 3 aromatic rings. The van der Waals surface area contributed by atoms with Crippen molar-refractivity contribution < 1.29 is 9.18 Å². The third kappa shape index (κ3) is 4.15. The van der Waals surface area contributed by atoms with Crippen LogP contribution in [0.15, 0.2) is 65.7 Å². The van der Waals surface area contributed by atoms with Crippen LogP contribution in [0.3, 0.4) is 0 Å². The average molecular weight is 369 g/mol. The summed E-state index contributed by atoms with van der Waals surface area (Å²) in [6.45, 7) is 1.95. The van der Waals surface area contributed by atoms with E-state index in [1.54, 1.807) is 36.2 Å². The summed E-state index contributed by atoms with van der Waals surface area (Å²) in [4.78, 5) is 16.3. The molecule has 0 amide bonds. The van der Waals surface area contributed by atoms with Gasteiger partial charge in [0.15, 0.2) is 6.29 Å². The number of aryl methyl sites for hydroxylation is 1. The van der Waals surface area contributed by atoms with Gasteiger partial charge in [-0.25, -0.2) is 4.39 Å². The second-order valence-corrected chi connectivity index (χ2v) is 7.47. The molecule has 5 heteroatoms. The van der Waals surface area contributed by atoms with Gasteiger partial charge in [-0.3, -0.25) is 9.78 Å². The first kappa shape index (κ1) is 17.8. The van der Waals surface area contributed by atoms with Crippen LogP contribution in [0.4, 0.5) is 4.39 Å². The molecule has 0 radical (unpaired) electrons. The van der Waals surface area contributed by atoms with E-state index < -0.39 is 0 Å². The van der Waals surface area contributed by atoms with Crippen LogP contribution >= 0.6 is 21.0 Å². The lowest BCUT2D eigenvalue weighted by Gasteiger charge is -2.21. The molecular formula is C20H17FNOPS. The number of carbonyl (C=O) groups excluding carboxylic acids is 1. The highest BCUT2D eigenvalue weighted by molar-refractivity contribution is 7.99. The second-order valence-electron chi connectivity index (χ2n) is 5.67. The Morgan fingerprint density at radius 1 is 1.12 bits per heavy atom. The van der Waals surface area contributed by atoms with Crippen molar-refractivity contribution in [3.63, 3.8) is 0 Å². The van der Waals surface area contributed by atoms with Gasteiger partial charge < -0.3 is 0 Å². The van der Waals surface area contributed by atoms with E-state index in [4.69, 9.17) is 0 Å². The SMILES string of the molecule is Cc1cc(C=O)ncc1C(Sc1ccccc1)c1cc(F)ccc1P. The van der Waals surface area contributed by atoms with Crippen molar-refractivity contribution in [1.82, 2.24) is 4.98 Å². The summed E-state index contributed by atoms with van der Waals surface area (Å²) < 4.78 is 13.9. The molecule has 1 aromatic heterocycles. The zero-order valence-corrected chi connectivity index (χ0v) is 15.6. The van der Waals surface area contributed by atoms with Crippen molar-refractivity contribution in [2.75, 3.05) is 0 Å². The Hall–Kier alpha value is -2.03. The van der Waals surface area contributed by atoms with E-state index >= 15 is 0 Å². The monoisotopic (exact) mass is 369 g/mol. The summed E-state index contributed by atoms with van der Waals surface area (Å²) >= 11 is 1.64. The number of halogens is 1. The van der Waals surface area contributed by atoms with Crippen molar-refractivity contribution >= 4 is 32.6 Å². The number of aromatic nitrogens is 1. The van der Waals surface area contributed by atoms with Gasteiger partial charge >= 0.3 is 0 Å². The lowest BCUT2D eigenvalue weighted by atomic mass is 10.0. The highest BCUT2D eigenvalue weighted by Crippen LogP contribution is 2.41. The van der Waals surface area contributed by atoms with Gasteiger partial charge in [0.25, 0.3) is 0 Å². The van der Waals surface area contributed by atoms with E-state index in [-0.39, 0.29) is 11.1 Å². The molecule has 0 saturated carbocycles. The van der Waals surface area contributed by atoms with E-state index in [0.29, 0.717) is 5.69 Å². The maximum Gasteiger partial charge on any atom is 0.168 e. The molecule has 2 unspecified atom stereocenters. The van der Waals surface area contributed by atoms with Crippen LogP contribution in [0, 0.1) is 12.7 Å². The van der Waals surface area contributed by atoms with Crippen molar-refractivity contribution in [3.8, 4) is 0 Å². The summed E-state index contributed by atoms with van der Waals surface area (Å²) in [6, 6.07) is 16.5. The van der Waals surface area contributed by atoms with Gasteiger partial charge in [0, 0.05) is 11.1 Å². The maximum atomic E-state index is 13.9. The average Bonchev–Trinajstić information content (AvgIpc) is 2.63. The molecule has 1 heterocycles. The van der Waals surface area contributed by atoms with Gasteiger partial charge in [0.05, 0.1) is 5.25 Å². The molecule has 0 saturated heterocycles. The normalized spacial score (nSPS) is 12.0. The predicted molar refractivity (Wildman–Crippen MR) is 104 cm³/mol. The molecule has 3 rings (SSSR count). The predicted octanol–water partition coefficient (Wildman–Crippen LogP) is 4.72. The van der Waals surface area contributed by atoms with Gasteiger partial charge in [-0.2, -0.15) is 0 Å². The first-order chi connectivity index (χ1) is 12.1. The number of hydrogen-bond acceptors (Lipinski definition) is 3. The molecule has 0 bridgehead atoms. The van der Waals surface area contributed by atoms with E-state index in [0.717, 1.165) is 33.2 Å². The summed E-state index contributed by atoms with van der Waals surface area (Å²) in [7, 11) is 2.67. The van der Waals surface area contributed by atoms with E-state index in [1.807, 2.05) is 37.3 Å². The second kappa shape index (κ2) is 7.90. The van der Waals surface area contributed by atoms with Crippen LogP contribution in [0.25, 0.3) is 0 Å². The van der Waals surface area contributed by atoms with Crippen LogP contribution in [0.1, 0.15) is 32.4 Å². The standard InChI is InChI=1S/C20H17FNOPS/c1-13-9-15(12-23)22-11-18(13)20(25-16-5-3-2-4-6-16)17-10-14(21)7-8-19(17)24/h2-12,20H,24H2,1H3. The molecule has 0 N–H and O–H groups in total. The van der Waals surface area contributed by atoms with Gasteiger partial charge in [-0.05, 0) is 59.3 Å². The lowest BCUT2D eigenvalue weighted by molar-refractivity contribution is 0.111. The number of aldehydes is 1. The minimum Gasteiger partial charge on any atom is -0.296 e. The quantitative estimate of drug-likeness (QED) is 0.370. The largest absolute Gasteiger partial charge is 0.296 e. The molecule has 126 valence electrons. The Morgan fingerprint density at radius 3 is 2.56 bits per heavy atom. The Labute approximate surface area is 153 Å². The summed E-state index contributed by atoms with van der Waals surface area (Å²) in [5.41, 5.74) is 3.20. The van der Waals surface area contributed by atoms with E-state index in [1.165, 1.54) is 6.07 Å². The molecule has 0 spiro atoms. The lowest BCUT2D eigenvalue weighted by Crippen LogP contribution is -2.10.